The number of methoxy groups -OCH3 is 1. The van der Waals surface area contributed by atoms with Gasteiger partial charge in [0.15, 0.2) is 5.75 Å². The summed E-state index contributed by atoms with van der Waals surface area (Å²) in [6, 6.07) is 17.1. The maximum absolute atomic E-state index is 13.4. The molecule has 1 saturated heterocycles. The predicted molar refractivity (Wildman–Crippen MR) is 149 cm³/mol. The first-order valence-corrected chi connectivity index (χ1v) is 12.7. The first-order chi connectivity index (χ1) is 17.7. The second-order valence-electron chi connectivity index (χ2n) is 8.75. The number of amides is 1. The number of carbonyl (C=O) groups is 2. The molecule has 1 amide bonds. The Balaban J connectivity index is 1.90. The summed E-state index contributed by atoms with van der Waals surface area (Å²) in [5, 5.41) is 11.7. The van der Waals surface area contributed by atoms with Gasteiger partial charge in [-0.3, -0.25) is 14.5 Å². The Hall–Kier alpha value is -3.48. The summed E-state index contributed by atoms with van der Waals surface area (Å²) in [6.07, 6.45) is 0. The summed E-state index contributed by atoms with van der Waals surface area (Å²) in [5.74, 6) is -1.63. The molecule has 1 N–H and O–H groups in total. The quantitative estimate of drug-likeness (QED) is 0.204. The molecule has 0 aromatic heterocycles. The molecule has 1 aliphatic heterocycles. The van der Waals surface area contributed by atoms with Crippen LogP contribution < -0.4 is 14.5 Å². The molecule has 6 nitrogen and oxygen atoms in total. The zero-order valence-corrected chi connectivity index (χ0v) is 22.6. The van der Waals surface area contributed by atoms with Gasteiger partial charge in [-0.15, -0.1) is 0 Å². The van der Waals surface area contributed by atoms with Gasteiger partial charge < -0.3 is 14.7 Å². The maximum Gasteiger partial charge on any atom is 0.300 e. The third kappa shape index (κ3) is 4.91. The number of hydrogen-bond donors (Lipinski definition) is 1. The summed E-state index contributed by atoms with van der Waals surface area (Å²) in [7, 11) is 1.43. The molecule has 1 aliphatic rings. The summed E-state index contributed by atoms with van der Waals surface area (Å²) in [4.78, 5) is 30.5. The highest BCUT2D eigenvalue weighted by Gasteiger charge is 2.47. The van der Waals surface area contributed by atoms with Crippen LogP contribution in [0.3, 0.4) is 0 Å². The molecule has 0 saturated carbocycles. The van der Waals surface area contributed by atoms with Gasteiger partial charge in [0.1, 0.15) is 5.76 Å². The number of Topliss-reactive ketones (excluding diaryl/α,β-unsaturated/α-hetero) is 1. The van der Waals surface area contributed by atoms with Crippen LogP contribution in [0.4, 0.5) is 11.4 Å². The number of hydrogen-bond acceptors (Lipinski definition) is 5. The summed E-state index contributed by atoms with van der Waals surface area (Å²) >= 11 is 12.6. The van der Waals surface area contributed by atoms with Crippen LogP contribution in [0.1, 0.15) is 36.6 Å². The molecular formula is C29H28Cl2N2O4. The van der Waals surface area contributed by atoms with Crippen molar-refractivity contribution in [3.8, 4) is 5.75 Å². The Labute approximate surface area is 226 Å². The van der Waals surface area contributed by atoms with Gasteiger partial charge in [-0.2, -0.15) is 0 Å². The second kappa shape index (κ2) is 10.9. The molecule has 0 aliphatic carbocycles. The predicted octanol–water partition coefficient (Wildman–Crippen LogP) is 6.78. The fourth-order valence-electron chi connectivity index (χ4n) is 4.71. The van der Waals surface area contributed by atoms with E-state index in [2.05, 4.69) is 18.7 Å². The largest absolute Gasteiger partial charge is 0.507 e. The van der Waals surface area contributed by atoms with E-state index < -0.39 is 17.7 Å². The molecule has 1 atom stereocenters. The summed E-state index contributed by atoms with van der Waals surface area (Å²) in [6.45, 7) is 7.77. The number of nitrogens with zero attached hydrogens (tertiary/aromatic N) is 2. The van der Waals surface area contributed by atoms with E-state index in [1.165, 1.54) is 24.1 Å². The van der Waals surface area contributed by atoms with Crippen LogP contribution in [0.2, 0.25) is 10.0 Å². The highest BCUT2D eigenvalue weighted by Crippen LogP contribution is 2.44. The number of aliphatic hydroxyl groups is 1. The van der Waals surface area contributed by atoms with E-state index in [-0.39, 0.29) is 32.7 Å². The van der Waals surface area contributed by atoms with E-state index in [0.29, 0.717) is 11.3 Å². The van der Waals surface area contributed by atoms with Crippen molar-refractivity contribution < 1.29 is 19.4 Å². The van der Waals surface area contributed by atoms with Gasteiger partial charge in [0.2, 0.25) is 0 Å². The van der Waals surface area contributed by atoms with E-state index in [4.69, 9.17) is 27.9 Å². The number of ketones is 1. The fraction of sp³-hybridized carbons (Fsp3) is 0.241. The van der Waals surface area contributed by atoms with Gasteiger partial charge >= 0.3 is 0 Å². The monoisotopic (exact) mass is 538 g/mol. The minimum Gasteiger partial charge on any atom is -0.507 e. The summed E-state index contributed by atoms with van der Waals surface area (Å²) < 4.78 is 5.20. The molecule has 0 radical (unpaired) electrons. The van der Waals surface area contributed by atoms with Crippen molar-refractivity contribution in [1.82, 2.24) is 0 Å². The van der Waals surface area contributed by atoms with E-state index in [1.807, 2.05) is 55.5 Å². The van der Waals surface area contributed by atoms with Crippen molar-refractivity contribution in [3.05, 3.63) is 93.0 Å². The van der Waals surface area contributed by atoms with Gasteiger partial charge in [-0.1, -0.05) is 53.0 Å². The van der Waals surface area contributed by atoms with Crippen molar-refractivity contribution >= 4 is 52.0 Å². The first kappa shape index (κ1) is 26.6. The number of anilines is 2. The number of rotatable bonds is 7. The van der Waals surface area contributed by atoms with E-state index >= 15 is 0 Å². The van der Waals surface area contributed by atoms with E-state index in [9.17, 15) is 14.7 Å². The topological polar surface area (TPSA) is 70.1 Å². The lowest BCUT2D eigenvalue weighted by Gasteiger charge is -2.27. The normalized spacial score (nSPS) is 16.8. The lowest BCUT2D eigenvalue weighted by atomic mass is 9.94. The van der Waals surface area contributed by atoms with Crippen LogP contribution in [0.15, 0.2) is 66.2 Å². The van der Waals surface area contributed by atoms with Crippen molar-refractivity contribution in [2.24, 2.45) is 0 Å². The molecule has 3 aromatic carbocycles. The van der Waals surface area contributed by atoms with Gasteiger partial charge in [0.25, 0.3) is 11.7 Å². The van der Waals surface area contributed by atoms with Crippen LogP contribution in [0.5, 0.6) is 5.75 Å². The number of benzene rings is 3. The lowest BCUT2D eigenvalue weighted by molar-refractivity contribution is -0.132. The minimum absolute atomic E-state index is 0.0410. The Kier molecular flexibility index (Phi) is 7.81. The van der Waals surface area contributed by atoms with Crippen LogP contribution in [-0.4, -0.2) is 37.0 Å². The molecule has 192 valence electrons. The molecule has 37 heavy (non-hydrogen) atoms. The molecule has 0 bridgehead atoms. The Morgan fingerprint density at radius 2 is 1.62 bits per heavy atom. The minimum atomic E-state index is -0.848. The zero-order chi connectivity index (χ0) is 26.9. The molecule has 4 rings (SSSR count). The highest BCUT2D eigenvalue weighted by molar-refractivity contribution is 6.51. The van der Waals surface area contributed by atoms with Crippen molar-refractivity contribution in [2.45, 2.75) is 26.8 Å². The molecular weight excluding hydrogens is 511 g/mol. The first-order valence-electron chi connectivity index (χ1n) is 12.0. The van der Waals surface area contributed by atoms with Crippen LogP contribution in [0.25, 0.3) is 5.76 Å². The van der Waals surface area contributed by atoms with Gasteiger partial charge in [-0.25, -0.2) is 0 Å². The molecule has 1 unspecified atom stereocenters. The number of carbonyl (C=O) groups excluding carboxylic acids is 2. The number of aliphatic hydroxyl groups excluding tert-OH is 1. The molecule has 3 aromatic rings. The van der Waals surface area contributed by atoms with Crippen molar-refractivity contribution in [1.29, 1.82) is 0 Å². The Morgan fingerprint density at radius 3 is 2.16 bits per heavy atom. The molecule has 1 heterocycles. The average Bonchev–Trinajstić information content (AvgIpc) is 3.15. The average molecular weight is 539 g/mol. The van der Waals surface area contributed by atoms with Gasteiger partial charge in [-0.05, 0) is 62.7 Å². The second-order valence-corrected chi connectivity index (χ2v) is 9.56. The van der Waals surface area contributed by atoms with Crippen molar-refractivity contribution in [3.63, 3.8) is 0 Å². The number of ether oxygens (including phenoxy) is 1. The van der Waals surface area contributed by atoms with Crippen LogP contribution in [-0.2, 0) is 9.59 Å². The smallest absolute Gasteiger partial charge is 0.300 e. The third-order valence-corrected chi connectivity index (χ3v) is 7.10. The third-order valence-electron chi connectivity index (χ3n) is 6.53. The van der Waals surface area contributed by atoms with Gasteiger partial charge in [0.05, 0.1) is 28.8 Å². The molecule has 0 spiro atoms. The highest BCUT2D eigenvalue weighted by atomic mass is 35.5. The molecule has 1 fully saturated rings. The zero-order valence-electron chi connectivity index (χ0n) is 21.1. The fourth-order valence-corrected chi connectivity index (χ4v) is 5.36. The summed E-state index contributed by atoms with van der Waals surface area (Å²) in [5.41, 5.74) is 3.38. The number of halogens is 2. The SMILES string of the molecule is CCN(CC)c1ccc(N2C(=O)C(=O)/C(=C(/O)c3cc(Cl)c(OC)c(Cl)c3)C2c2cccc(C)c2)cc1. The standard InChI is InChI=1S/C29H28Cl2N2O4/c1-5-32(6-2)20-10-12-21(13-11-20)33-25(18-9-7-8-17(3)14-18)24(27(35)29(33)36)26(34)19-15-22(30)28(37-4)23(31)16-19/h7-16,25,34H,5-6H2,1-4H3/b26-24+. The lowest BCUT2D eigenvalue weighted by Crippen LogP contribution is -2.29. The van der Waals surface area contributed by atoms with Crippen LogP contribution >= 0.6 is 23.2 Å². The van der Waals surface area contributed by atoms with E-state index in [1.54, 1.807) is 0 Å². The number of aryl methyl sites for hydroxylation is 1. The van der Waals surface area contributed by atoms with Crippen LogP contribution in [0, 0.1) is 6.92 Å². The maximum atomic E-state index is 13.4. The Morgan fingerprint density at radius 1 is 1.00 bits per heavy atom. The van der Waals surface area contributed by atoms with Crippen molar-refractivity contribution in [2.75, 3.05) is 30.0 Å². The Bertz CT molecular complexity index is 1360. The molecule has 8 heteroatoms. The van der Waals surface area contributed by atoms with E-state index in [0.717, 1.165) is 24.3 Å². The van der Waals surface area contributed by atoms with Gasteiger partial charge in [0, 0.05) is 30.0 Å².